The number of aromatic hydroxyl groups is 1. The zero-order chi connectivity index (χ0) is 15.0. The highest BCUT2D eigenvalue weighted by molar-refractivity contribution is 7.89. The molecule has 1 rings (SSSR count). The van der Waals surface area contributed by atoms with Crippen LogP contribution in [0.4, 0.5) is 0 Å². The molecule has 0 bridgehead atoms. The smallest absolute Gasteiger partial charge is 0.212 e. The molecule has 0 aliphatic carbocycles. The van der Waals surface area contributed by atoms with Crippen molar-refractivity contribution in [2.75, 3.05) is 18.8 Å². The Bertz CT molecular complexity index is 486. The normalized spacial score (nSPS) is 13.3. The molecule has 0 heterocycles. The van der Waals surface area contributed by atoms with Gasteiger partial charge < -0.3 is 10.4 Å². The van der Waals surface area contributed by atoms with Crippen molar-refractivity contribution in [3.8, 4) is 5.75 Å². The summed E-state index contributed by atoms with van der Waals surface area (Å²) in [6.45, 7) is 4.69. The molecule has 6 heteroatoms. The van der Waals surface area contributed by atoms with Crippen molar-refractivity contribution < 1.29 is 13.5 Å². The van der Waals surface area contributed by atoms with Crippen molar-refractivity contribution in [3.63, 3.8) is 0 Å². The average molecular weight is 300 g/mol. The molecule has 114 valence electrons. The fraction of sp³-hybridized carbons (Fsp3) is 0.571. The van der Waals surface area contributed by atoms with Gasteiger partial charge in [0.2, 0.25) is 10.0 Å². The molecular weight excluding hydrogens is 276 g/mol. The van der Waals surface area contributed by atoms with E-state index >= 15 is 0 Å². The second kappa shape index (κ2) is 8.24. The summed E-state index contributed by atoms with van der Waals surface area (Å²) in [6.07, 6.45) is 1.82. The lowest BCUT2D eigenvalue weighted by Crippen LogP contribution is -2.35. The molecule has 0 saturated carbocycles. The van der Waals surface area contributed by atoms with Gasteiger partial charge >= 0.3 is 0 Å². The van der Waals surface area contributed by atoms with E-state index in [9.17, 15) is 13.5 Å². The van der Waals surface area contributed by atoms with Gasteiger partial charge in [-0.25, -0.2) is 13.1 Å². The first-order valence-corrected chi connectivity index (χ1v) is 8.57. The van der Waals surface area contributed by atoms with Gasteiger partial charge in [0.15, 0.2) is 0 Å². The lowest BCUT2D eigenvalue weighted by Gasteiger charge is -2.14. The van der Waals surface area contributed by atoms with E-state index in [0.29, 0.717) is 13.1 Å². The van der Waals surface area contributed by atoms with Gasteiger partial charge in [0.25, 0.3) is 0 Å². The van der Waals surface area contributed by atoms with Crippen LogP contribution in [0.5, 0.6) is 5.75 Å². The minimum atomic E-state index is -3.14. The van der Waals surface area contributed by atoms with Crippen molar-refractivity contribution in [3.05, 3.63) is 29.8 Å². The van der Waals surface area contributed by atoms with Crippen molar-refractivity contribution >= 4 is 10.0 Å². The molecule has 1 aromatic rings. The van der Waals surface area contributed by atoms with Crippen LogP contribution >= 0.6 is 0 Å². The molecule has 0 aromatic heterocycles. The van der Waals surface area contributed by atoms with Crippen LogP contribution < -0.4 is 10.0 Å². The van der Waals surface area contributed by atoms with Gasteiger partial charge in [0, 0.05) is 19.1 Å². The van der Waals surface area contributed by atoms with E-state index in [2.05, 4.69) is 10.0 Å². The van der Waals surface area contributed by atoms with Crippen LogP contribution in [0.25, 0.3) is 0 Å². The number of phenols is 1. The Labute approximate surface area is 121 Å². The highest BCUT2D eigenvalue weighted by Crippen LogP contribution is 2.11. The molecule has 1 aromatic carbocycles. The standard InChI is InChI=1S/C14H24N2O3S/c1-3-16-20(18,19)11-10-15-12(2)4-5-13-6-8-14(17)9-7-13/h6-9,12,15-17H,3-5,10-11H2,1-2H3. The fourth-order valence-corrected chi connectivity index (χ4v) is 2.85. The predicted octanol–water partition coefficient (Wildman–Crippen LogP) is 1.24. The monoisotopic (exact) mass is 300 g/mol. The Morgan fingerprint density at radius 1 is 1.25 bits per heavy atom. The maximum atomic E-state index is 11.4. The third-order valence-corrected chi connectivity index (χ3v) is 4.50. The Morgan fingerprint density at radius 2 is 1.90 bits per heavy atom. The predicted molar refractivity (Wildman–Crippen MR) is 81.4 cm³/mol. The molecule has 0 amide bonds. The zero-order valence-electron chi connectivity index (χ0n) is 12.1. The number of nitrogens with one attached hydrogen (secondary N) is 2. The van der Waals surface area contributed by atoms with Gasteiger partial charge in [-0.2, -0.15) is 0 Å². The van der Waals surface area contributed by atoms with Crippen LogP contribution in [-0.4, -0.2) is 38.4 Å². The lowest BCUT2D eigenvalue weighted by atomic mass is 10.1. The third kappa shape index (κ3) is 6.88. The van der Waals surface area contributed by atoms with E-state index in [1.165, 1.54) is 0 Å². The average Bonchev–Trinajstić information content (AvgIpc) is 2.37. The number of aryl methyl sites for hydroxylation is 1. The van der Waals surface area contributed by atoms with Crippen LogP contribution in [-0.2, 0) is 16.4 Å². The maximum Gasteiger partial charge on any atom is 0.212 e. The van der Waals surface area contributed by atoms with Crippen LogP contribution in [0.15, 0.2) is 24.3 Å². The number of rotatable bonds is 9. The molecule has 0 aliphatic rings. The molecule has 20 heavy (non-hydrogen) atoms. The first-order chi connectivity index (χ1) is 9.43. The second-order valence-corrected chi connectivity index (χ2v) is 6.80. The summed E-state index contributed by atoms with van der Waals surface area (Å²) in [6, 6.07) is 7.41. The molecule has 0 radical (unpaired) electrons. The van der Waals surface area contributed by atoms with Gasteiger partial charge in [-0.3, -0.25) is 0 Å². The highest BCUT2D eigenvalue weighted by atomic mass is 32.2. The topological polar surface area (TPSA) is 78.4 Å². The summed E-state index contributed by atoms with van der Waals surface area (Å²) in [7, 11) is -3.14. The molecule has 3 N–H and O–H groups in total. The van der Waals surface area contributed by atoms with Gasteiger partial charge in [0.1, 0.15) is 5.75 Å². The zero-order valence-corrected chi connectivity index (χ0v) is 12.9. The minimum Gasteiger partial charge on any atom is -0.508 e. The molecule has 0 aliphatic heterocycles. The largest absolute Gasteiger partial charge is 0.508 e. The summed E-state index contributed by atoms with van der Waals surface area (Å²) in [5.41, 5.74) is 1.16. The molecule has 1 unspecified atom stereocenters. The molecule has 0 fully saturated rings. The summed E-state index contributed by atoms with van der Waals surface area (Å²) in [5, 5.41) is 12.4. The summed E-state index contributed by atoms with van der Waals surface area (Å²) >= 11 is 0. The van der Waals surface area contributed by atoms with E-state index in [0.717, 1.165) is 18.4 Å². The third-order valence-electron chi connectivity index (χ3n) is 3.03. The number of hydrogen-bond donors (Lipinski definition) is 3. The van der Waals surface area contributed by atoms with Crippen LogP contribution in [0.1, 0.15) is 25.8 Å². The summed E-state index contributed by atoms with van der Waals surface area (Å²) < 4.78 is 25.4. The van der Waals surface area contributed by atoms with Gasteiger partial charge in [-0.1, -0.05) is 19.1 Å². The number of sulfonamides is 1. The summed E-state index contributed by atoms with van der Waals surface area (Å²) in [4.78, 5) is 0. The highest BCUT2D eigenvalue weighted by Gasteiger charge is 2.09. The van der Waals surface area contributed by atoms with Crippen LogP contribution in [0.3, 0.4) is 0 Å². The Hall–Kier alpha value is -1.11. The first kappa shape index (κ1) is 16.9. The maximum absolute atomic E-state index is 11.4. The second-order valence-electron chi connectivity index (χ2n) is 4.88. The minimum absolute atomic E-state index is 0.102. The Morgan fingerprint density at radius 3 is 2.50 bits per heavy atom. The quantitative estimate of drug-likeness (QED) is 0.641. The Kier molecular flexibility index (Phi) is 6.98. The van der Waals surface area contributed by atoms with Crippen molar-refractivity contribution in [1.29, 1.82) is 0 Å². The fourth-order valence-electron chi connectivity index (χ4n) is 1.88. The number of benzene rings is 1. The number of hydrogen-bond acceptors (Lipinski definition) is 4. The van der Waals surface area contributed by atoms with Crippen molar-refractivity contribution in [1.82, 2.24) is 10.0 Å². The van der Waals surface area contributed by atoms with E-state index < -0.39 is 10.0 Å². The molecule has 0 saturated heterocycles. The lowest BCUT2D eigenvalue weighted by molar-refractivity contribution is 0.475. The Balaban J connectivity index is 2.24. The van der Waals surface area contributed by atoms with Crippen LogP contribution in [0, 0.1) is 0 Å². The first-order valence-electron chi connectivity index (χ1n) is 6.91. The van der Waals surface area contributed by atoms with E-state index in [1.54, 1.807) is 19.1 Å². The SMILES string of the molecule is CCNS(=O)(=O)CCNC(C)CCc1ccc(O)cc1. The van der Waals surface area contributed by atoms with E-state index in [1.807, 2.05) is 19.1 Å². The van der Waals surface area contributed by atoms with Crippen LogP contribution in [0.2, 0.25) is 0 Å². The van der Waals surface area contributed by atoms with Gasteiger partial charge in [-0.15, -0.1) is 0 Å². The van der Waals surface area contributed by atoms with E-state index in [4.69, 9.17) is 0 Å². The molecular formula is C14H24N2O3S. The van der Waals surface area contributed by atoms with Gasteiger partial charge in [0.05, 0.1) is 5.75 Å². The summed E-state index contributed by atoms with van der Waals surface area (Å²) in [5.74, 6) is 0.373. The molecule has 1 atom stereocenters. The van der Waals surface area contributed by atoms with E-state index in [-0.39, 0.29) is 17.5 Å². The van der Waals surface area contributed by atoms with Crippen molar-refractivity contribution in [2.45, 2.75) is 32.7 Å². The number of phenolic OH excluding ortho intramolecular Hbond substituents is 1. The molecule has 5 nitrogen and oxygen atoms in total. The van der Waals surface area contributed by atoms with Gasteiger partial charge in [-0.05, 0) is 37.5 Å². The molecule has 0 spiro atoms. The van der Waals surface area contributed by atoms with Crippen molar-refractivity contribution in [2.24, 2.45) is 0 Å².